The highest BCUT2D eigenvalue weighted by Gasteiger charge is 2.42. The number of thiophene rings is 1. The van der Waals surface area contributed by atoms with E-state index in [1.54, 1.807) is 10.9 Å². The van der Waals surface area contributed by atoms with Gasteiger partial charge in [0.1, 0.15) is 10.7 Å². The molecule has 128 valence electrons. The number of nitrogens with one attached hydrogen (secondary N) is 1. The van der Waals surface area contributed by atoms with Gasteiger partial charge in [0, 0.05) is 16.7 Å². The molecule has 0 aromatic carbocycles. The van der Waals surface area contributed by atoms with Gasteiger partial charge in [0.2, 0.25) is 0 Å². The van der Waals surface area contributed by atoms with Crippen LogP contribution >= 0.6 is 22.7 Å². The van der Waals surface area contributed by atoms with Crippen molar-refractivity contribution < 1.29 is 14.3 Å². The van der Waals surface area contributed by atoms with Crippen molar-refractivity contribution in [2.75, 3.05) is 5.32 Å². The zero-order valence-electron chi connectivity index (χ0n) is 13.9. The fourth-order valence-electron chi connectivity index (χ4n) is 3.16. The molecule has 0 fully saturated rings. The predicted octanol–water partition coefficient (Wildman–Crippen LogP) is 3.14. The van der Waals surface area contributed by atoms with Gasteiger partial charge in [-0.25, -0.2) is 4.98 Å². The highest BCUT2D eigenvalue weighted by atomic mass is 32.1. The van der Waals surface area contributed by atoms with E-state index in [9.17, 15) is 9.59 Å². The van der Waals surface area contributed by atoms with E-state index in [1.807, 2.05) is 27.7 Å². The fraction of sp³-hybridized carbons (Fsp3) is 0.438. The van der Waals surface area contributed by atoms with Gasteiger partial charge >= 0.3 is 0 Å². The number of hydrogen-bond acceptors (Lipinski definition) is 6. The summed E-state index contributed by atoms with van der Waals surface area (Å²) in [6.07, 6.45) is 0.563. The van der Waals surface area contributed by atoms with Crippen molar-refractivity contribution in [2.24, 2.45) is 5.73 Å². The number of carbonyl (C=O) groups is 2. The molecule has 2 aromatic rings. The number of hydrogen-bond donors (Lipinski definition) is 2. The van der Waals surface area contributed by atoms with E-state index in [-0.39, 0.29) is 5.91 Å². The Morgan fingerprint density at radius 3 is 2.62 bits per heavy atom. The topological polar surface area (TPSA) is 94.3 Å². The number of nitrogens with two attached hydrogens (primary N) is 1. The monoisotopic (exact) mass is 365 g/mol. The first kappa shape index (κ1) is 17.1. The lowest BCUT2D eigenvalue weighted by atomic mass is 9.86. The molecular weight excluding hydrogens is 346 g/mol. The number of nitrogens with zero attached hydrogens (tertiary/aromatic N) is 1. The Balaban J connectivity index is 2.07. The number of primary amides is 1. The van der Waals surface area contributed by atoms with Gasteiger partial charge in [-0.1, -0.05) is 0 Å². The first-order chi connectivity index (χ1) is 11.1. The summed E-state index contributed by atoms with van der Waals surface area (Å²) in [5.74, 6) is -0.898. The zero-order valence-corrected chi connectivity index (χ0v) is 15.6. The smallest absolute Gasteiger partial charge is 0.275 e. The van der Waals surface area contributed by atoms with Crippen LogP contribution in [0.5, 0.6) is 0 Å². The second-order valence-electron chi connectivity index (χ2n) is 6.85. The maximum absolute atomic E-state index is 12.3. The third kappa shape index (κ3) is 2.97. The number of ether oxygens (including phenoxy) is 1. The van der Waals surface area contributed by atoms with Gasteiger partial charge in [0.25, 0.3) is 11.8 Å². The molecule has 0 spiro atoms. The summed E-state index contributed by atoms with van der Waals surface area (Å²) in [6, 6.07) is 0. The third-order valence-corrected chi connectivity index (χ3v) is 5.87. The Bertz CT molecular complexity index is 807. The van der Waals surface area contributed by atoms with Gasteiger partial charge in [-0.3, -0.25) is 9.59 Å². The van der Waals surface area contributed by atoms with Gasteiger partial charge in [0.05, 0.1) is 22.3 Å². The van der Waals surface area contributed by atoms with Crippen molar-refractivity contribution in [2.45, 2.75) is 45.3 Å². The molecular formula is C16H19N3O3S2. The average molecular weight is 365 g/mol. The second kappa shape index (κ2) is 5.65. The number of rotatable bonds is 3. The molecule has 1 aliphatic heterocycles. The van der Waals surface area contributed by atoms with Crippen molar-refractivity contribution in [3.8, 4) is 0 Å². The fourth-order valence-corrected chi connectivity index (χ4v) is 4.95. The molecule has 0 radical (unpaired) electrons. The summed E-state index contributed by atoms with van der Waals surface area (Å²) in [6.45, 7) is 7.88. The van der Waals surface area contributed by atoms with Crippen LogP contribution < -0.4 is 11.1 Å². The summed E-state index contributed by atoms with van der Waals surface area (Å²) < 4.78 is 6.15. The van der Waals surface area contributed by atoms with E-state index < -0.39 is 17.1 Å². The van der Waals surface area contributed by atoms with Crippen molar-refractivity contribution in [3.05, 3.63) is 32.6 Å². The van der Waals surface area contributed by atoms with Gasteiger partial charge < -0.3 is 15.8 Å². The van der Waals surface area contributed by atoms with Crippen LogP contribution in [0, 0.1) is 0 Å². The van der Waals surface area contributed by atoms with Crippen LogP contribution in [0.25, 0.3) is 0 Å². The minimum atomic E-state index is -0.560. The Hall–Kier alpha value is -1.77. The lowest BCUT2D eigenvalue weighted by Gasteiger charge is -2.41. The highest BCUT2D eigenvalue weighted by Crippen LogP contribution is 2.48. The lowest BCUT2D eigenvalue weighted by molar-refractivity contribution is -0.135. The molecule has 0 bridgehead atoms. The molecule has 3 rings (SSSR count). The molecule has 2 aromatic heterocycles. The number of thiazole rings is 1. The first-order valence-electron chi connectivity index (χ1n) is 7.46. The highest BCUT2D eigenvalue weighted by molar-refractivity contribution is 7.17. The molecule has 0 saturated heterocycles. The summed E-state index contributed by atoms with van der Waals surface area (Å²) in [4.78, 5) is 29.3. The molecule has 8 heteroatoms. The maximum Gasteiger partial charge on any atom is 0.275 e. The average Bonchev–Trinajstić information content (AvgIpc) is 3.03. The predicted molar refractivity (Wildman–Crippen MR) is 94.8 cm³/mol. The molecule has 1 aliphatic rings. The van der Waals surface area contributed by atoms with E-state index in [0.717, 1.165) is 10.4 Å². The standard InChI is InChI=1S/C16H19N3O3S2/c1-15(2)5-8-10(12(17)20)14(24-11(8)16(3,4)22-15)19-13(21)9-6-23-7-18-9/h6-7H,5H2,1-4H3,(H2,17,20)(H,19,21). The summed E-state index contributed by atoms with van der Waals surface area (Å²) in [5.41, 5.74) is 7.78. The number of carbonyl (C=O) groups excluding carboxylic acids is 2. The molecule has 0 saturated carbocycles. The van der Waals surface area contributed by atoms with Crippen LogP contribution in [0.15, 0.2) is 10.9 Å². The minimum Gasteiger partial charge on any atom is -0.365 e. The zero-order chi connectivity index (χ0) is 17.7. The Morgan fingerprint density at radius 2 is 2.04 bits per heavy atom. The molecule has 0 atom stereocenters. The molecule has 2 amide bonds. The van der Waals surface area contributed by atoms with Crippen molar-refractivity contribution in [1.82, 2.24) is 4.98 Å². The Labute approximate surface area is 148 Å². The van der Waals surface area contributed by atoms with Crippen LogP contribution in [0.2, 0.25) is 0 Å². The van der Waals surface area contributed by atoms with E-state index in [4.69, 9.17) is 10.5 Å². The second-order valence-corrected chi connectivity index (χ2v) is 8.59. The SMILES string of the molecule is CC1(C)Cc2c(sc(NC(=O)c3cscn3)c2C(N)=O)C(C)(C)O1. The number of anilines is 1. The van der Waals surface area contributed by atoms with E-state index in [2.05, 4.69) is 10.3 Å². The summed E-state index contributed by atoms with van der Waals surface area (Å²) in [5, 5.41) is 4.90. The maximum atomic E-state index is 12.3. The number of fused-ring (bicyclic) bond motifs is 1. The summed E-state index contributed by atoms with van der Waals surface area (Å²) in [7, 11) is 0. The normalized spacial score (nSPS) is 18.0. The van der Waals surface area contributed by atoms with E-state index in [1.165, 1.54) is 22.7 Å². The quantitative estimate of drug-likeness (QED) is 0.873. The van der Waals surface area contributed by atoms with Crippen LogP contribution in [-0.2, 0) is 16.8 Å². The van der Waals surface area contributed by atoms with Gasteiger partial charge in [-0.15, -0.1) is 22.7 Å². The Morgan fingerprint density at radius 1 is 1.33 bits per heavy atom. The van der Waals surface area contributed by atoms with Gasteiger partial charge in [-0.2, -0.15) is 0 Å². The molecule has 6 nitrogen and oxygen atoms in total. The van der Waals surface area contributed by atoms with Crippen molar-refractivity contribution in [1.29, 1.82) is 0 Å². The summed E-state index contributed by atoms with van der Waals surface area (Å²) >= 11 is 2.68. The van der Waals surface area contributed by atoms with Crippen molar-refractivity contribution >= 4 is 39.5 Å². The molecule has 24 heavy (non-hydrogen) atoms. The van der Waals surface area contributed by atoms with Crippen LogP contribution in [0.3, 0.4) is 0 Å². The number of amides is 2. The lowest BCUT2D eigenvalue weighted by Crippen LogP contribution is -2.42. The number of aromatic nitrogens is 1. The van der Waals surface area contributed by atoms with E-state index in [0.29, 0.717) is 22.7 Å². The molecule has 3 heterocycles. The largest absolute Gasteiger partial charge is 0.365 e. The van der Waals surface area contributed by atoms with Gasteiger partial charge in [-0.05, 0) is 33.3 Å². The molecule has 0 aliphatic carbocycles. The van der Waals surface area contributed by atoms with Crippen LogP contribution in [-0.4, -0.2) is 22.4 Å². The third-order valence-electron chi connectivity index (χ3n) is 3.83. The molecule has 3 N–H and O–H groups in total. The minimum absolute atomic E-state index is 0.317. The van der Waals surface area contributed by atoms with Gasteiger partial charge in [0.15, 0.2) is 0 Å². The van der Waals surface area contributed by atoms with E-state index >= 15 is 0 Å². The van der Waals surface area contributed by atoms with Crippen LogP contribution in [0.1, 0.15) is 59.0 Å². The molecule has 0 unspecified atom stereocenters. The van der Waals surface area contributed by atoms with Crippen molar-refractivity contribution in [3.63, 3.8) is 0 Å². The van der Waals surface area contributed by atoms with Crippen LogP contribution in [0.4, 0.5) is 5.00 Å². The first-order valence-corrected chi connectivity index (χ1v) is 9.22. The Kier molecular flexibility index (Phi) is 4.01.